The van der Waals surface area contributed by atoms with Gasteiger partial charge < -0.3 is 14.8 Å². The van der Waals surface area contributed by atoms with E-state index in [1.807, 2.05) is 36.4 Å². The summed E-state index contributed by atoms with van der Waals surface area (Å²) in [4.78, 5) is 27.9. The monoisotopic (exact) mass is 601 g/mol. The van der Waals surface area contributed by atoms with Crippen LogP contribution in [-0.4, -0.2) is 64.8 Å². The molecule has 42 heavy (non-hydrogen) atoms. The van der Waals surface area contributed by atoms with E-state index in [1.54, 1.807) is 26.6 Å². The molecule has 0 fully saturated rings. The molecule has 0 bridgehead atoms. The summed E-state index contributed by atoms with van der Waals surface area (Å²) in [6.45, 7) is 5.68. The third-order valence-electron chi connectivity index (χ3n) is 7.25. The van der Waals surface area contributed by atoms with Crippen LogP contribution in [0, 0.1) is 5.92 Å². The molecule has 1 N–H and O–H groups in total. The highest BCUT2D eigenvalue weighted by Gasteiger charge is 2.24. The number of nitrogens with zero attached hydrogens (tertiary/aromatic N) is 6. The fourth-order valence-corrected chi connectivity index (χ4v) is 5.77. The quantitative estimate of drug-likeness (QED) is 0.270. The molecule has 0 amide bonds. The van der Waals surface area contributed by atoms with Gasteiger partial charge in [0.1, 0.15) is 5.69 Å². The van der Waals surface area contributed by atoms with E-state index in [2.05, 4.69) is 39.1 Å². The molecule has 11 heteroatoms. The number of aromatic nitrogens is 4. The van der Waals surface area contributed by atoms with Gasteiger partial charge in [0.2, 0.25) is 11.8 Å². The van der Waals surface area contributed by atoms with Crippen LogP contribution in [0.15, 0.2) is 58.8 Å². The Hall–Kier alpha value is -4.08. The van der Waals surface area contributed by atoms with E-state index in [-0.39, 0.29) is 6.04 Å². The van der Waals surface area contributed by atoms with Gasteiger partial charge >= 0.3 is 0 Å². The van der Waals surface area contributed by atoms with Gasteiger partial charge in [-0.15, -0.1) is 0 Å². The number of methoxy groups -OCH3 is 2. The Kier molecular flexibility index (Phi) is 7.79. The van der Waals surface area contributed by atoms with Crippen molar-refractivity contribution in [2.75, 3.05) is 27.3 Å². The van der Waals surface area contributed by atoms with Crippen LogP contribution in [0.4, 0.5) is 0 Å². The summed E-state index contributed by atoms with van der Waals surface area (Å²) in [5, 5.41) is 4.28. The zero-order valence-electron chi connectivity index (χ0n) is 23.7. The van der Waals surface area contributed by atoms with E-state index in [1.165, 1.54) is 0 Å². The van der Waals surface area contributed by atoms with E-state index in [9.17, 15) is 0 Å². The summed E-state index contributed by atoms with van der Waals surface area (Å²) >= 11 is 14.0. The van der Waals surface area contributed by atoms with E-state index >= 15 is 0 Å². The summed E-state index contributed by atoms with van der Waals surface area (Å²) in [6.07, 6.45) is 4.23. The summed E-state index contributed by atoms with van der Waals surface area (Å²) in [7, 11) is 3.15. The Balaban J connectivity index is 1.37. The molecule has 2 aromatic carbocycles. The van der Waals surface area contributed by atoms with Gasteiger partial charge in [0, 0.05) is 34.8 Å². The second kappa shape index (κ2) is 11.7. The third kappa shape index (κ3) is 5.18. The van der Waals surface area contributed by atoms with Crippen molar-refractivity contribution in [3.05, 3.63) is 70.2 Å². The van der Waals surface area contributed by atoms with Crippen molar-refractivity contribution < 1.29 is 9.47 Å². The van der Waals surface area contributed by atoms with Gasteiger partial charge in [0.05, 0.1) is 60.3 Å². The highest BCUT2D eigenvalue weighted by Crippen LogP contribution is 2.42. The van der Waals surface area contributed by atoms with E-state index < -0.39 is 0 Å². The van der Waals surface area contributed by atoms with Crippen LogP contribution in [0.1, 0.15) is 31.7 Å². The van der Waals surface area contributed by atoms with E-state index in [0.717, 1.165) is 29.8 Å². The lowest BCUT2D eigenvalue weighted by molar-refractivity contribution is 0.395. The Morgan fingerprint density at radius 2 is 1.29 bits per heavy atom. The van der Waals surface area contributed by atoms with Gasteiger partial charge in [0.15, 0.2) is 11.5 Å². The number of benzene rings is 2. The van der Waals surface area contributed by atoms with Gasteiger partial charge in [-0.05, 0) is 19.3 Å². The number of ether oxygens (including phenoxy) is 2. The maximum absolute atomic E-state index is 7.02. The van der Waals surface area contributed by atoms with Gasteiger partial charge in [-0.25, -0.2) is 19.9 Å². The van der Waals surface area contributed by atoms with Crippen molar-refractivity contribution in [1.29, 1.82) is 0 Å². The van der Waals surface area contributed by atoms with Crippen LogP contribution in [0.5, 0.6) is 11.8 Å². The molecule has 9 nitrogen and oxygen atoms in total. The third-order valence-corrected chi connectivity index (χ3v) is 8.06. The maximum Gasteiger partial charge on any atom is 0.244 e. The number of halogens is 2. The largest absolute Gasteiger partial charge is 0.479 e. The van der Waals surface area contributed by atoms with Crippen molar-refractivity contribution in [3.63, 3.8) is 0 Å². The molecule has 4 heterocycles. The number of hydrogen-bond donors (Lipinski definition) is 1. The standard InChI is InChI=1S/C31H29Cl2N7O2/c1-16-11-22(34-12-16)27-30(41-3)39-23(14-35-27)20-9-5-7-18(25(20)32)19-8-6-10-21(26(19)33)24-15-36-28(31(40-24)42-4)29-37-13-17(2)38-29/h5-10,14-17H,11-13H2,1-4H3,(H,37,38)/t16-,17+/m0/s1. The lowest BCUT2D eigenvalue weighted by Gasteiger charge is -2.15. The average molecular weight is 603 g/mol. The van der Waals surface area contributed by atoms with Crippen LogP contribution >= 0.6 is 23.2 Å². The van der Waals surface area contributed by atoms with Crippen LogP contribution in [-0.2, 0) is 0 Å². The molecule has 0 aliphatic carbocycles. The summed E-state index contributed by atoms with van der Waals surface area (Å²) in [5.74, 6) is 1.93. The first kappa shape index (κ1) is 28.1. The number of aliphatic imine (C=N–C) groups is 2. The molecule has 0 spiro atoms. The van der Waals surface area contributed by atoms with Crippen molar-refractivity contribution >= 4 is 34.7 Å². The average Bonchev–Trinajstić information content (AvgIpc) is 3.64. The molecule has 0 radical (unpaired) electrons. The van der Waals surface area contributed by atoms with Gasteiger partial charge in [-0.3, -0.25) is 9.98 Å². The topological polar surface area (TPSA) is 107 Å². The molecule has 0 saturated heterocycles. The molecule has 214 valence electrons. The number of amidine groups is 1. The number of hydrogen-bond acceptors (Lipinski definition) is 9. The first-order valence-electron chi connectivity index (χ1n) is 13.6. The van der Waals surface area contributed by atoms with Gasteiger partial charge in [-0.1, -0.05) is 66.5 Å². The molecular formula is C31H29Cl2N7O2. The fourth-order valence-electron chi connectivity index (χ4n) is 5.12. The van der Waals surface area contributed by atoms with Crippen molar-refractivity contribution in [1.82, 2.24) is 25.3 Å². The second-order valence-electron chi connectivity index (χ2n) is 10.4. The SMILES string of the molecule is COc1nc(-c2cccc(-c3cccc(-c4cnc(C5=NC[C@@H](C)N5)c(OC)n4)c3Cl)c2Cl)cnc1C1=NC[C@@H](C)C1. The zero-order valence-corrected chi connectivity index (χ0v) is 25.2. The summed E-state index contributed by atoms with van der Waals surface area (Å²) in [6, 6.07) is 11.7. The smallest absolute Gasteiger partial charge is 0.244 e. The molecule has 2 aromatic heterocycles. The van der Waals surface area contributed by atoms with Crippen molar-refractivity contribution in [3.8, 4) is 45.4 Å². The minimum atomic E-state index is 0.230. The van der Waals surface area contributed by atoms with Crippen molar-refractivity contribution in [2.24, 2.45) is 15.9 Å². The van der Waals surface area contributed by atoms with Crippen LogP contribution in [0.3, 0.4) is 0 Å². The molecule has 2 atom stereocenters. The lowest BCUT2D eigenvalue weighted by atomic mass is 9.98. The maximum atomic E-state index is 7.02. The fraction of sp³-hybridized carbons (Fsp3) is 0.290. The van der Waals surface area contributed by atoms with E-state index in [4.69, 9.17) is 42.6 Å². The lowest BCUT2D eigenvalue weighted by Crippen LogP contribution is -2.28. The molecular weight excluding hydrogens is 573 g/mol. The summed E-state index contributed by atoms with van der Waals surface area (Å²) in [5.41, 5.74) is 6.19. The normalized spacial score (nSPS) is 18.0. The number of rotatable bonds is 7. The zero-order chi connectivity index (χ0) is 29.4. The summed E-state index contributed by atoms with van der Waals surface area (Å²) < 4.78 is 11.2. The Bertz CT molecular complexity index is 1610. The molecule has 2 aliphatic heterocycles. The second-order valence-corrected chi connectivity index (χ2v) is 11.1. The predicted molar refractivity (Wildman–Crippen MR) is 166 cm³/mol. The Morgan fingerprint density at radius 1 is 0.738 bits per heavy atom. The first-order valence-corrected chi connectivity index (χ1v) is 14.4. The first-order chi connectivity index (χ1) is 20.4. The minimum absolute atomic E-state index is 0.230. The predicted octanol–water partition coefficient (Wildman–Crippen LogP) is 6.16. The molecule has 4 aromatic rings. The van der Waals surface area contributed by atoms with Gasteiger partial charge in [-0.2, -0.15) is 0 Å². The number of nitrogens with one attached hydrogen (secondary N) is 1. The van der Waals surface area contributed by atoms with Crippen LogP contribution < -0.4 is 14.8 Å². The Morgan fingerprint density at radius 3 is 1.79 bits per heavy atom. The van der Waals surface area contributed by atoms with Crippen LogP contribution in [0.2, 0.25) is 10.0 Å². The molecule has 0 unspecified atom stereocenters. The van der Waals surface area contributed by atoms with Gasteiger partial charge in [0.25, 0.3) is 0 Å². The molecule has 6 rings (SSSR count). The highest BCUT2D eigenvalue weighted by atomic mass is 35.5. The Labute approximate surface area is 254 Å². The minimum Gasteiger partial charge on any atom is -0.479 e. The molecule has 0 saturated carbocycles. The molecule has 2 aliphatic rings. The van der Waals surface area contributed by atoms with E-state index in [0.29, 0.717) is 74.0 Å². The van der Waals surface area contributed by atoms with Crippen LogP contribution in [0.25, 0.3) is 33.6 Å². The highest BCUT2D eigenvalue weighted by molar-refractivity contribution is 6.39. The van der Waals surface area contributed by atoms with Crippen molar-refractivity contribution in [2.45, 2.75) is 26.3 Å².